The summed E-state index contributed by atoms with van der Waals surface area (Å²) in [5.74, 6) is 0. The van der Waals surface area contributed by atoms with Crippen LogP contribution in [0.2, 0.25) is 0 Å². The van der Waals surface area contributed by atoms with Gasteiger partial charge in [0.1, 0.15) is 0 Å². The number of nitrogen functional groups attached to an aromatic ring is 1. The maximum atomic E-state index is 12.3. The van der Waals surface area contributed by atoms with Crippen molar-refractivity contribution < 1.29 is 8.42 Å². The van der Waals surface area contributed by atoms with E-state index in [-0.39, 0.29) is 10.9 Å². The van der Waals surface area contributed by atoms with Gasteiger partial charge in [-0.05, 0) is 63.7 Å². The quantitative estimate of drug-likeness (QED) is 0.810. The summed E-state index contributed by atoms with van der Waals surface area (Å²) in [6, 6.07) is 4.93. The second kappa shape index (κ2) is 5.48. The fourth-order valence-corrected chi connectivity index (χ4v) is 3.79. The highest BCUT2D eigenvalue weighted by Gasteiger charge is 2.23. The lowest BCUT2D eigenvalue weighted by molar-refractivity contribution is 0.248. The SMILES string of the molecule is Cc1cc(N)cc(S(=O)(=O)NC2CCN(C)CC2)c1. The van der Waals surface area contributed by atoms with E-state index in [9.17, 15) is 8.42 Å². The number of benzene rings is 1. The maximum absolute atomic E-state index is 12.3. The van der Waals surface area contributed by atoms with Crippen LogP contribution in [0.5, 0.6) is 0 Å². The van der Waals surface area contributed by atoms with Crippen LogP contribution in [-0.2, 0) is 10.0 Å². The highest BCUT2D eigenvalue weighted by atomic mass is 32.2. The highest BCUT2D eigenvalue weighted by Crippen LogP contribution is 2.18. The van der Waals surface area contributed by atoms with Crippen LogP contribution in [0, 0.1) is 6.92 Å². The van der Waals surface area contributed by atoms with Crippen LogP contribution in [0.15, 0.2) is 23.1 Å². The van der Waals surface area contributed by atoms with Crippen LogP contribution in [0.4, 0.5) is 5.69 Å². The van der Waals surface area contributed by atoms with E-state index in [1.54, 1.807) is 12.1 Å². The summed E-state index contributed by atoms with van der Waals surface area (Å²) in [5, 5.41) is 0. The number of hydrogen-bond donors (Lipinski definition) is 2. The average molecular weight is 283 g/mol. The van der Waals surface area contributed by atoms with Gasteiger partial charge < -0.3 is 10.6 Å². The number of likely N-dealkylation sites (tertiary alicyclic amines) is 1. The third kappa shape index (κ3) is 3.68. The molecule has 1 aromatic rings. The van der Waals surface area contributed by atoms with Crippen LogP contribution in [0.25, 0.3) is 0 Å². The van der Waals surface area contributed by atoms with Crippen molar-refractivity contribution >= 4 is 15.7 Å². The Labute approximate surface area is 114 Å². The van der Waals surface area contributed by atoms with E-state index in [0.29, 0.717) is 5.69 Å². The molecule has 1 aromatic carbocycles. The molecule has 1 aliphatic heterocycles. The van der Waals surface area contributed by atoms with Crippen molar-refractivity contribution in [3.8, 4) is 0 Å². The van der Waals surface area contributed by atoms with Gasteiger partial charge in [-0.25, -0.2) is 13.1 Å². The van der Waals surface area contributed by atoms with Crippen molar-refractivity contribution in [3.05, 3.63) is 23.8 Å². The number of anilines is 1. The van der Waals surface area contributed by atoms with E-state index in [1.807, 2.05) is 14.0 Å². The number of nitrogens with zero attached hydrogens (tertiary/aromatic N) is 1. The van der Waals surface area contributed by atoms with Gasteiger partial charge in [0.2, 0.25) is 10.0 Å². The Balaban J connectivity index is 2.14. The second-order valence-corrected chi connectivity index (χ2v) is 6.99. The summed E-state index contributed by atoms with van der Waals surface area (Å²) in [5.41, 5.74) is 7.03. The molecule has 19 heavy (non-hydrogen) atoms. The summed E-state index contributed by atoms with van der Waals surface area (Å²) in [7, 11) is -1.42. The average Bonchev–Trinajstić information content (AvgIpc) is 2.31. The zero-order valence-corrected chi connectivity index (χ0v) is 12.2. The van der Waals surface area contributed by atoms with E-state index >= 15 is 0 Å². The van der Waals surface area contributed by atoms with Crippen molar-refractivity contribution in [3.63, 3.8) is 0 Å². The first-order valence-electron chi connectivity index (χ1n) is 6.45. The Bertz CT molecular complexity index is 529. The number of aryl methyl sites for hydroxylation is 1. The van der Waals surface area contributed by atoms with Gasteiger partial charge in [0, 0.05) is 11.7 Å². The van der Waals surface area contributed by atoms with Gasteiger partial charge in [-0.15, -0.1) is 0 Å². The topological polar surface area (TPSA) is 75.4 Å². The van der Waals surface area contributed by atoms with Crippen LogP contribution >= 0.6 is 0 Å². The monoisotopic (exact) mass is 283 g/mol. The first kappa shape index (κ1) is 14.3. The largest absolute Gasteiger partial charge is 0.399 e. The number of rotatable bonds is 3. The van der Waals surface area contributed by atoms with Crippen LogP contribution < -0.4 is 10.5 Å². The molecule has 3 N–H and O–H groups in total. The molecule has 0 unspecified atom stereocenters. The van der Waals surface area contributed by atoms with Crippen molar-refractivity contribution in [2.45, 2.75) is 30.7 Å². The minimum absolute atomic E-state index is 0.0166. The summed E-state index contributed by atoms with van der Waals surface area (Å²) < 4.78 is 27.4. The maximum Gasteiger partial charge on any atom is 0.240 e. The molecule has 0 atom stereocenters. The van der Waals surface area contributed by atoms with Gasteiger partial charge in [-0.2, -0.15) is 0 Å². The predicted octanol–water partition coefficient (Wildman–Crippen LogP) is 0.950. The highest BCUT2D eigenvalue weighted by molar-refractivity contribution is 7.89. The Kier molecular flexibility index (Phi) is 4.13. The fourth-order valence-electron chi connectivity index (χ4n) is 2.35. The minimum atomic E-state index is -3.47. The van der Waals surface area contributed by atoms with Crippen molar-refractivity contribution in [2.24, 2.45) is 0 Å². The molecule has 1 aliphatic rings. The van der Waals surface area contributed by atoms with Crippen LogP contribution in [-0.4, -0.2) is 39.5 Å². The van der Waals surface area contributed by atoms with E-state index < -0.39 is 10.0 Å². The van der Waals surface area contributed by atoms with E-state index in [4.69, 9.17) is 5.73 Å². The summed E-state index contributed by atoms with van der Waals surface area (Å²) >= 11 is 0. The van der Waals surface area contributed by atoms with Gasteiger partial charge in [-0.1, -0.05) is 0 Å². The smallest absolute Gasteiger partial charge is 0.240 e. The van der Waals surface area contributed by atoms with Crippen molar-refractivity contribution in [1.82, 2.24) is 9.62 Å². The van der Waals surface area contributed by atoms with E-state index in [0.717, 1.165) is 31.5 Å². The molecule has 0 bridgehead atoms. The third-order valence-electron chi connectivity index (χ3n) is 3.42. The summed E-state index contributed by atoms with van der Waals surface area (Å²) in [4.78, 5) is 2.46. The lowest BCUT2D eigenvalue weighted by atomic mass is 10.1. The Morgan fingerprint density at radius 3 is 2.47 bits per heavy atom. The molecule has 0 amide bonds. The van der Waals surface area contributed by atoms with Crippen LogP contribution in [0.1, 0.15) is 18.4 Å². The van der Waals surface area contributed by atoms with Gasteiger partial charge in [-0.3, -0.25) is 0 Å². The first-order chi connectivity index (χ1) is 8.87. The summed E-state index contributed by atoms with van der Waals surface area (Å²) in [6.45, 7) is 3.68. The Morgan fingerprint density at radius 1 is 1.26 bits per heavy atom. The van der Waals surface area contributed by atoms with Gasteiger partial charge in [0.25, 0.3) is 0 Å². The Morgan fingerprint density at radius 2 is 1.89 bits per heavy atom. The molecule has 1 fully saturated rings. The molecule has 0 spiro atoms. The lowest BCUT2D eigenvalue weighted by Crippen LogP contribution is -2.43. The predicted molar refractivity (Wildman–Crippen MR) is 76.4 cm³/mol. The number of sulfonamides is 1. The number of hydrogen-bond acceptors (Lipinski definition) is 4. The normalized spacial score (nSPS) is 18.6. The Hall–Kier alpha value is -1.11. The molecule has 106 valence electrons. The third-order valence-corrected chi connectivity index (χ3v) is 4.92. The lowest BCUT2D eigenvalue weighted by Gasteiger charge is -2.29. The molecule has 2 rings (SSSR count). The molecule has 0 aliphatic carbocycles. The number of piperidine rings is 1. The molecular formula is C13H21N3O2S. The van der Waals surface area contributed by atoms with Crippen molar-refractivity contribution in [2.75, 3.05) is 25.9 Å². The van der Waals surface area contributed by atoms with Gasteiger partial charge in [0.15, 0.2) is 0 Å². The fraction of sp³-hybridized carbons (Fsp3) is 0.538. The zero-order valence-electron chi connectivity index (χ0n) is 11.4. The second-order valence-electron chi connectivity index (χ2n) is 5.28. The molecule has 5 nitrogen and oxygen atoms in total. The number of nitrogens with two attached hydrogens (primary N) is 1. The standard InChI is InChI=1S/C13H21N3O2S/c1-10-7-11(14)9-13(8-10)19(17,18)15-12-3-5-16(2)6-4-12/h7-9,12,15H,3-6,14H2,1-2H3. The van der Waals surface area contributed by atoms with E-state index in [1.165, 1.54) is 6.07 Å². The molecule has 1 heterocycles. The molecule has 1 saturated heterocycles. The van der Waals surface area contributed by atoms with Gasteiger partial charge in [0.05, 0.1) is 4.90 Å². The summed E-state index contributed by atoms with van der Waals surface area (Å²) in [6.07, 6.45) is 1.69. The molecular weight excluding hydrogens is 262 g/mol. The molecule has 6 heteroatoms. The van der Waals surface area contributed by atoms with Crippen molar-refractivity contribution in [1.29, 1.82) is 0 Å². The number of nitrogens with one attached hydrogen (secondary N) is 1. The molecule has 0 aromatic heterocycles. The minimum Gasteiger partial charge on any atom is -0.399 e. The van der Waals surface area contributed by atoms with E-state index in [2.05, 4.69) is 9.62 Å². The zero-order chi connectivity index (χ0) is 14.0. The van der Waals surface area contributed by atoms with Crippen LogP contribution in [0.3, 0.4) is 0 Å². The molecule has 0 radical (unpaired) electrons. The van der Waals surface area contributed by atoms with Gasteiger partial charge >= 0.3 is 0 Å². The first-order valence-corrected chi connectivity index (χ1v) is 7.93. The molecule has 0 saturated carbocycles.